The van der Waals surface area contributed by atoms with Crippen molar-refractivity contribution in [2.75, 3.05) is 19.7 Å². The molecule has 1 saturated carbocycles. The zero-order valence-corrected chi connectivity index (χ0v) is 17.7. The lowest BCUT2D eigenvalue weighted by molar-refractivity contribution is -0.172. The second kappa shape index (κ2) is 7.61. The zero-order valence-electron chi connectivity index (χ0n) is 16.1. The van der Waals surface area contributed by atoms with Gasteiger partial charge in [0, 0.05) is 11.0 Å². The third-order valence-electron chi connectivity index (χ3n) is 5.69. The number of hydrogen-bond acceptors (Lipinski definition) is 4. The van der Waals surface area contributed by atoms with Crippen LogP contribution in [0.2, 0.25) is 0 Å². The zero-order chi connectivity index (χ0) is 18.8. The fourth-order valence-electron chi connectivity index (χ4n) is 4.26. The maximum Gasteiger partial charge on any atom is 0.332 e. The molecule has 144 valence electrons. The third-order valence-corrected chi connectivity index (χ3v) is 6.18. The van der Waals surface area contributed by atoms with Gasteiger partial charge in [-0.2, -0.15) is 0 Å². The van der Waals surface area contributed by atoms with E-state index in [2.05, 4.69) is 33.4 Å². The van der Waals surface area contributed by atoms with Gasteiger partial charge in [0.05, 0.1) is 5.60 Å². The van der Waals surface area contributed by atoms with E-state index in [1.54, 1.807) is 0 Å². The first-order valence-electron chi connectivity index (χ1n) is 9.55. The van der Waals surface area contributed by atoms with Crippen LogP contribution in [0, 0.1) is 5.41 Å². The lowest BCUT2D eigenvalue weighted by Crippen LogP contribution is -2.41. The fraction of sp³-hybridized carbons (Fsp3) is 0.667. The van der Waals surface area contributed by atoms with Crippen molar-refractivity contribution in [3.8, 4) is 0 Å². The Balaban J connectivity index is 1.76. The Kier molecular flexibility index (Phi) is 5.80. The van der Waals surface area contributed by atoms with Crippen LogP contribution in [-0.2, 0) is 19.9 Å². The summed E-state index contributed by atoms with van der Waals surface area (Å²) in [5.74, 6) is -0.297. The summed E-state index contributed by atoms with van der Waals surface area (Å²) in [5, 5.41) is 3.51. The summed E-state index contributed by atoms with van der Waals surface area (Å²) >= 11 is 3.58. The van der Waals surface area contributed by atoms with Crippen LogP contribution in [0.4, 0.5) is 0 Å². The summed E-state index contributed by atoms with van der Waals surface area (Å²) in [6.07, 6.45) is 5.37. The van der Waals surface area contributed by atoms with Gasteiger partial charge in [-0.25, -0.2) is 4.79 Å². The molecule has 1 saturated heterocycles. The van der Waals surface area contributed by atoms with E-state index >= 15 is 0 Å². The highest BCUT2D eigenvalue weighted by Crippen LogP contribution is 2.50. The molecule has 1 N–H and O–H groups in total. The van der Waals surface area contributed by atoms with E-state index in [1.165, 1.54) is 6.42 Å². The Labute approximate surface area is 165 Å². The van der Waals surface area contributed by atoms with Gasteiger partial charge in [-0.1, -0.05) is 28.1 Å². The molecule has 5 heteroatoms. The van der Waals surface area contributed by atoms with Crippen LogP contribution < -0.4 is 5.32 Å². The molecule has 1 aliphatic heterocycles. The molecule has 2 fully saturated rings. The fourth-order valence-corrected chi connectivity index (χ4v) is 4.66. The summed E-state index contributed by atoms with van der Waals surface area (Å²) in [7, 11) is 0. The standard InChI is InChI=1S/C21H30BrNO3/c1-19(2,3)26-18(24)14-25-21(16-5-4-6-17(22)13-16)9-7-20(8-10-21)11-12-23-15-20/h4-6,13,23H,7-12,14-15H2,1-3H3. The molecular formula is C21H30BrNO3. The van der Waals surface area contributed by atoms with Crippen molar-refractivity contribution in [1.82, 2.24) is 5.32 Å². The number of esters is 1. The quantitative estimate of drug-likeness (QED) is 0.721. The molecule has 0 bridgehead atoms. The normalized spacial score (nSPS) is 29.1. The van der Waals surface area contributed by atoms with Gasteiger partial charge in [0.2, 0.25) is 0 Å². The van der Waals surface area contributed by atoms with Gasteiger partial charge >= 0.3 is 5.97 Å². The minimum atomic E-state index is -0.491. The molecule has 2 aliphatic rings. The van der Waals surface area contributed by atoms with Crippen molar-refractivity contribution in [3.05, 3.63) is 34.3 Å². The number of nitrogens with one attached hydrogen (secondary N) is 1. The third kappa shape index (κ3) is 4.68. The van der Waals surface area contributed by atoms with Crippen LogP contribution in [0.15, 0.2) is 28.7 Å². The smallest absolute Gasteiger partial charge is 0.332 e. The Morgan fingerprint density at radius 1 is 1.19 bits per heavy atom. The lowest BCUT2D eigenvalue weighted by Gasteiger charge is -2.45. The molecule has 0 radical (unpaired) electrons. The number of halogens is 1. The van der Waals surface area contributed by atoms with Gasteiger partial charge < -0.3 is 14.8 Å². The van der Waals surface area contributed by atoms with E-state index in [-0.39, 0.29) is 12.6 Å². The molecule has 3 rings (SSSR count). The topological polar surface area (TPSA) is 47.6 Å². The number of benzene rings is 1. The van der Waals surface area contributed by atoms with Crippen LogP contribution in [0.5, 0.6) is 0 Å². The van der Waals surface area contributed by atoms with E-state index in [1.807, 2.05) is 32.9 Å². The molecule has 0 amide bonds. The van der Waals surface area contributed by atoms with Crippen LogP contribution >= 0.6 is 15.9 Å². The largest absolute Gasteiger partial charge is 0.458 e. The Bertz CT molecular complexity index is 637. The average Bonchev–Trinajstić information content (AvgIpc) is 3.02. The molecule has 4 nitrogen and oxygen atoms in total. The van der Waals surface area contributed by atoms with Gasteiger partial charge in [-0.15, -0.1) is 0 Å². The molecule has 1 aliphatic carbocycles. The molecule has 0 unspecified atom stereocenters. The van der Waals surface area contributed by atoms with Gasteiger partial charge in [0.15, 0.2) is 0 Å². The molecule has 1 aromatic rings. The summed E-state index contributed by atoms with van der Waals surface area (Å²) in [5.41, 5.74) is 0.658. The van der Waals surface area contributed by atoms with Gasteiger partial charge in [-0.3, -0.25) is 0 Å². The SMILES string of the molecule is CC(C)(C)OC(=O)COC1(c2cccc(Br)c2)CCC2(CCNC2)CC1. The summed E-state index contributed by atoms with van der Waals surface area (Å²) < 4.78 is 12.8. The van der Waals surface area contributed by atoms with Crippen LogP contribution in [-0.4, -0.2) is 31.3 Å². The van der Waals surface area contributed by atoms with E-state index in [0.29, 0.717) is 5.41 Å². The van der Waals surface area contributed by atoms with Crippen molar-refractivity contribution in [1.29, 1.82) is 0 Å². The van der Waals surface area contributed by atoms with E-state index in [9.17, 15) is 4.79 Å². The number of rotatable bonds is 4. The van der Waals surface area contributed by atoms with Gasteiger partial charge in [0.25, 0.3) is 0 Å². The number of carbonyl (C=O) groups is 1. The van der Waals surface area contributed by atoms with Crippen molar-refractivity contribution < 1.29 is 14.3 Å². The highest BCUT2D eigenvalue weighted by molar-refractivity contribution is 9.10. The minimum Gasteiger partial charge on any atom is -0.458 e. The molecule has 0 atom stereocenters. The predicted molar refractivity (Wildman–Crippen MR) is 106 cm³/mol. The van der Waals surface area contributed by atoms with Gasteiger partial charge in [-0.05, 0) is 82.5 Å². The summed E-state index contributed by atoms with van der Waals surface area (Å²) in [6, 6.07) is 8.31. The van der Waals surface area contributed by atoms with E-state index < -0.39 is 11.2 Å². The van der Waals surface area contributed by atoms with Crippen molar-refractivity contribution >= 4 is 21.9 Å². The lowest BCUT2D eigenvalue weighted by atomic mass is 9.66. The average molecular weight is 424 g/mol. The first kappa shape index (κ1) is 19.8. The molecule has 1 aromatic carbocycles. The highest BCUT2D eigenvalue weighted by Gasteiger charge is 2.46. The molecule has 1 spiro atoms. The van der Waals surface area contributed by atoms with E-state index in [4.69, 9.17) is 9.47 Å². The van der Waals surface area contributed by atoms with Crippen LogP contribution in [0.1, 0.15) is 58.4 Å². The maximum absolute atomic E-state index is 12.2. The molecule has 0 aromatic heterocycles. The summed E-state index contributed by atoms with van der Waals surface area (Å²) in [6.45, 7) is 7.86. The minimum absolute atomic E-state index is 0.00493. The predicted octanol–water partition coefficient (Wildman–Crippen LogP) is 4.56. The van der Waals surface area contributed by atoms with Crippen molar-refractivity contribution in [3.63, 3.8) is 0 Å². The first-order chi connectivity index (χ1) is 12.2. The number of hydrogen-bond donors (Lipinski definition) is 1. The molecular weight excluding hydrogens is 394 g/mol. The highest BCUT2D eigenvalue weighted by atomic mass is 79.9. The summed E-state index contributed by atoms with van der Waals surface area (Å²) in [4.78, 5) is 12.2. The Hall–Kier alpha value is -0.910. The second-order valence-electron chi connectivity index (χ2n) is 8.81. The maximum atomic E-state index is 12.2. The van der Waals surface area contributed by atoms with E-state index in [0.717, 1.165) is 48.8 Å². The Morgan fingerprint density at radius 2 is 1.92 bits per heavy atom. The monoisotopic (exact) mass is 423 g/mol. The first-order valence-corrected chi connectivity index (χ1v) is 10.3. The number of ether oxygens (including phenoxy) is 2. The van der Waals surface area contributed by atoms with Crippen LogP contribution in [0.25, 0.3) is 0 Å². The Morgan fingerprint density at radius 3 is 2.50 bits per heavy atom. The van der Waals surface area contributed by atoms with Crippen LogP contribution in [0.3, 0.4) is 0 Å². The van der Waals surface area contributed by atoms with Crippen molar-refractivity contribution in [2.45, 2.75) is 64.1 Å². The molecule has 26 heavy (non-hydrogen) atoms. The van der Waals surface area contributed by atoms with Gasteiger partial charge in [0.1, 0.15) is 12.2 Å². The van der Waals surface area contributed by atoms with Crippen molar-refractivity contribution in [2.24, 2.45) is 5.41 Å². The molecule has 1 heterocycles. The second-order valence-corrected chi connectivity index (χ2v) is 9.72. The number of carbonyl (C=O) groups excluding carboxylic acids is 1.